The van der Waals surface area contributed by atoms with Crippen molar-refractivity contribution < 1.29 is 4.79 Å². The van der Waals surface area contributed by atoms with Crippen LogP contribution in [0.25, 0.3) is 0 Å². The van der Waals surface area contributed by atoms with Crippen molar-refractivity contribution in [2.24, 2.45) is 5.73 Å². The Kier molecular flexibility index (Phi) is 3.30. The molecule has 1 aliphatic carbocycles. The lowest BCUT2D eigenvalue weighted by Gasteiger charge is -2.33. The predicted octanol–water partition coefficient (Wildman–Crippen LogP) is 1.34. The average molecular weight is 273 g/mol. The predicted molar refractivity (Wildman–Crippen MR) is 80.9 cm³/mol. The highest BCUT2D eigenvalue weighted by atomic mass is 16.2. The van der Waals surface area contributed by atoms with E-state index in [1.54, 1.807) is 0 Å². The maximum absolute atomic E-state index is 12.2. The van der Waals surface area contributed by atoms with E-state index in [0.717, 1.165) is 31.6 Å². The van der Waals surface area contributed by atoms with Gasteiger partial charge in [-0.15, -0.1) is 0 Å². The van der Waals surface area contributed by atoms with Gasteiger partial charge in [-0.1, -0.05) is 12.1 Å². The van der Waals surface area contributed by atoms with Crippen molar-refractivity contribution in [1.82, 2.24) is 4.90 Å². The maximum atomic E-state index is 12.2. The smallest absolute Gasteiger partial charge is 0.241 e. The Labute approximate surface area is 120 Å². The fourth-order valence-corrected chi connectivity index (χ4v) is 3.19. The lowest BCUT2D eigenvalue weighted by molar-refractivity contribution is -0.120. The topological polar surface area (TPSA) is 49.6 Å². The van der Waals surface area contributed by atoms with Crippen molar-refractivity contribution in [3.63, 3.8) is 0 Å². The Morgan fingerprint density at radius 2 is 2.05 bits per heavy atom. The summed E-state index contributed by atoms with van der Waals surface area (Å²) in [5, 5.41) is 0. The fraction of sp³-hybridized carbons (Fsp3) is 0.562. The molecule has 1 unspecified atom stereocenters. The van der Waals surface area contributed by atoms with Gasteiger partial charge in [-0.25, -0.2) is 0 Å². The van der Waals surface area contributed by atoms with Crippen LogP contribution in [-0.2, 0) is 10.2 Å². The molecule has 20 heavy (non-hydrogen) atoms. The molecule has 1 saturated heterocycles. The molecule has 4 heteroatoms. The first-order valence-electron chi connectivity index (χ1n) is 7.38. The Morgan fingerprint density at radius 3 is 2.65 bits per heavy atom. The second-order valence-corrected chi connectivity index (χ2v) is 6.28. The van der Waals surface area contributed by atoms with Gasteiger partial charge in [0.05, 0.1) is 6.54 Å². The van der Waals surface area contributed by atoms with Gasteiger partial charge in [0.25, 0.3) is 0 Å². The van der Waals surface area contributed by atoms with Gasteiger partial charge < -0.3 is 10.6 Å². The number of hydrogen-bond acceptors (Lipinski definition) is 3. The lowest BCUT2D eigenvalue weighted by atomic mass is 9.89. The first kappa shape index (κ1) is 13.6. The fourth-order valence-electron chi connectivity index (χ4n) is 3.19. The zero-order valence-corrected chi connectivity index (χ0v) is 12.3. The van der Waals surface area contributed by atoms with Gasteiger partial charge in [0.1, 0.15) is 0 Å². The average Bonchev–Trinajstić information content (AvgIpc) is 3.20. The summed E-state index contributed by atoms with van der Waals surface area (Å²) in [6, 6.07) is 8.57. The van der Waals surface area contributed by atoms with Crippen molar-refractivity contribution in [3.05, 3.63) is 29.8 Å². The zero-order chi connectivity index (χ0) is 14.3. The molecule has 3 rings (SSSR count). The van der Waals surface area contributed by atoms with Crippen LogP contribution in [0.5, 0.6) is 0 Å². The van der Waals surface area contributed by atoms with Gasteiger partial charge in [0.2, 0.25) is 5.91 Å². The highest BCUT2D eigenvalue weighted by Crippen LogP contribution is 2.50. The summed E-state index contributed by atoms with van der Waals surface area (Å²) in [5.74, 6) is 0.182. The van der Waals surface area contributed by atoms with Crippen molar-refractivity contribution >= 4 is 11.6 Å². The van der Waals surface area contributed by atoms with E-state index in [-0.39, 0.29) is 17.4 Å². The second-order valence-electron chi connectivity index (χ2n) is 6.28. The molecule has 0 spiro atoms. The number of likely N-dealkylation sites (N-methyl/N-ethyl adjacent to an activating group) is 1. The monoisotopic (exact) mass is 273 g/mol. The van der Waals surface area contributed by atoms with Crippen LogP contribution < -0.4 is 10.6 Å². The van der Waals surface area contributed by atoms with Crippen molar-refractivity contribution in [3.8, 4) is 0 Å². The Balaban J connectivity index is 1.87. The van der Waals surface area contributed by atoms with Crippen LogP contribution in [0.15, 0.2) is 24.3 Å². The third kappa shape index (κ3) is 2.23. The number of nitrogens with zero attached hydrogens (tertiary/aromatic N) is 2. The number of benzene rings is 1. The molecule has 2 N–H and O–H groups in total. The third-order valence-corrected chi connectivity index (χ3v) is 4.80. The molecule has 108 valence electrons. The molecule has 0 radical (unpaired) electrons. The van der Waals surface area contributed by atoms with Gasteiger partial charge in [0.15, 0.2) is 0 Å². The number of piperazine rings is 1. The minimum atomic E-state index is 0.144. The van der Waals surface area contributed by atoms with Crippen LogP contribution in [0, 0.1) is 0 Å². The SMILES string of the molecule is CC(N)C1(c2cccc(N3CCN(C)CC3=O)c2)CC1. The molecule has 0 aromatic heterocycles. The second kappa shape index (κ2) is 4.86. The summed E-state index contributed by atoms with van der Waals surface area (Å²) in [6.45, 7) is 4.28. The zero-order valence-electron chi connectivity index (χ0n) is 12.3. The van der Waals surface area contributed by atoms with Gasteiger partial charge >= 0.3 is 0 Å². The number of amides is 1. The summed E-state index contributed by atoms with van der Waals surface area (Å²) in [5.41, 5.74) is 8.61. The van der Waals surface area contributed by atoms with E-state index in [4.69, 9.17) is 5.73 Å². The summed E-state index contributed by atoms with van der Waals surface area (Å²) in [4.78, 5) is 16.1. The van der Waals surface area contributed by atoms with Crippen LogP contribution in [-0.4, -0.2) is 43.5 Å². The molecule has 1 aromatic carbocycles. The molecule has 1 heterocycles. The standard InChI is InChI=1S/C16H23N3O/c1-12(17)16(6-7-16)13-4-3-5-14(10-13)19-9-8-18(2)11-15(19)20/h3-5,10,12H,6-9,11,17H2,1-2H3. The van der Waals surface area contributed by atoms with E-state index in [9.17, 15) is 4.79 Å². The number of carbonyl (C=O) groups excluding carboxylic acids is 1. The largest absolute Gasteiger partial charge is 0.327 e. The molecule has 1 aliphatic heterocycles. The van der Waals surface area contributed by atoms with Gasteiger partial charge in [-0.3, -0.25) is 9.69 Å². The molecule has 1 saturated carbocycles. The molecule has 1 aromatic rings. The molecule has 4 nitrogen and oxygen atoms in total. The number of nitrogens with two attached hydrogens (primary N) is 1. The van der Waals surface area contributed by atoms with Crippen LogP contribution in [0.2, 0.25) is 0 Å². The van der Waals surface area contributed by atoms with E-state index < -0.39 is 0 Å². The van der Waals surface area contributed by atoms with Gasteiger partial charge in [0, 0.05) is 30.2 Å². The Bertz CT molecular complexity index is 522. The minimum absolute atomic E-state index is 0.144. The van der Waals surface area contributed by atoms with E-state index in [1.807, 2.05) is 18.0 Å². The highest BCUT2D eigenvalue weighted by molar-refractivity contribution is 5.95. The maximum Gasteiger partial charge on any atom is 0.241 e. The van der Waals surface area contributed by atoms with E-state index >= 15 is 0 Å². The number of anilines is 1. The third-order valence-electron chi connectivity index (χ3n) is 4.80. The van der Waals surface area contributed by atoms with Crippen LogP contribution >= 0.6 is 0 Å². The molecule has 0 bridgehead atoms. The van der Waals surface area contributed by atoms with Crippen molar-refractivity contribution in [2.75, 3.05) is 31.6 Å². The van der Waals surface area contributed by atoms with Crippen molar-refractivity contribution in [2.45, 2.75) is 31.2 Å². The molecule has 2 fully saturated rings. The van der Waals surface area contributed by atoms with Gasteiger partial charge in [-0.2, -0.15) is 0 Å². The normalized spacial score (nSPS) is 23.8. The highest BCUT2D eigenvalue weighted by Gasteiger charge is 2.47. The Morgan fingerprint density at radius 1 is 1.30 bits per heavy atom. The van der Waals surface area contributed by atoms with E-state index in [1.165, 1.54) is 5.56 Å². The van der Waals surface area contributed by atoms with E-state index in [2.05, 4.69) is 30.0 Å². The molecule has 1 atom stereocenters. The van der Waals surface area contributed by atoms with Crippen LogP contribution in [0.1, 0.15) is 25.3 Å². The first-order valence-corrected chi connectivity index (χ1v) is 7.38. The van der Waals surface area contributed by atoms with Crippen molar-refractivity contribution in [1.29, 1.82) is 0 Å². The molecule has 1 amide bonds. The quantitative estimate of drug-likeness (QED) is 0.904. The number of carbonyl (C=O) groups is 1. The first-order chi connectivity index (χ1) is 9.53. The summed E-state index contributed by atoms with van der Waals surface area (Å²) in [7, 11) is 1.99. The molecular formula is C16H23N3O. The Hall–Kier alpha value is -1.39. The van der Waals surface area contributed by atoms with Crippen LogP contribution in [0.4, 0.5) is 5.69 Å². The number of hydrogen-bond donors (Lipinski definition) is 1. The molecule has 2 aliphatic rings. The van der Waals surface area contributed by atoms with Crippen LogP contribution in [0.3, 0.4) is 0 Å². The summed E-state index contributed by atoms with van der Waals surface area (Å²) < 4.78 is 0. The summed E-state index contributed by atoms with van der Waals surface area (Å²) in [6.07, 6.45) is 2.32. The summed E-state index contributed by atoms with van der Waals surface area (Å²) >= 11 is 0. The minimum Gasteiger partial charge on any atom is -0.327 e. The molecular weight excluding hydrogens is 250 g/mol. The van der Waals surface area contributed by atoms with E-state index in [0.29, 0.717) is 6.54 Å². The number of rotatable bonds is 3. The lowest BCUT2D eigenvalue weighted by Crippen LogP contribution is -2.49. The van der Waals surface area contributed by atoms with Gasteiger partial charge in [-0.05, 0) is 44.5 Å².